The van der Waals surface area contributed by atoms with Gasteiger partial charge in [0.15, 0.2) is 0 Å². The second-order valence-corrected chi connectivity index (χ2v) is 4.41. The van der Waals surface area contributed by atoms with Gasteiger partial charge in [0, 0.05) is 18.5 Å². The number of hydrogen-bond donors (Lipinski definition) is 2. The van der Waals surface area contributed by atoms with Crippen LogP contribution in [0, 0.1) is 0 Å². The van der Waals surface area contributed by atoms with E-state index in [0.29, 0.717) is 29.3 Å². The zero-order valence-corrected chi connectivity index (χ0v) is 11.4. The van der Waals surface area contributed by atoms with Crippen molar-refractivity contribution in [1.29, 1.82) is 0 Å². The summed E-state index contributed by atoms with van der Waals surface area (Å²) in [6.45, 7) is 0. The summed E-state index contributed by atoms with van der Waals surface area (Å²) in [7, 11) is 1.52. The van der Waals surface area contributed by atoms with Gasteiger partial charge in [0.05, 0.1) is 12.1 Å². The lowest BCUT2D eigenvalue weighted by Gasteiger charge is -2.07. The van der Waals surface area contributed by atoms with Crippen molar-refractivity contribution in [2.24, 2.45) is 0 Å². The lowest BCUT2D eigenvalue weighted by atomic mass is 10.2. The van der Waals surface area contributed by atoms with Gasteiger partial charge in [-0.3, -0.25) is 9.59 Å². The number of rotatable bonds is 7. The molecule has 0 radical (unpaired) electrons. The molecule has 0 aliphatic heterocycles. The summed E-state index contributed by atoms with van der Waals surface area (Å²) in [4.78, 5) is 21.9. The van der Waals surface area contributed by atoms with Crippen LogP contribution in [-0.2, 0) is 9.59 Å². The van der Waals surface area contributed by atoms with Crippen molar-refractivity contribution in [2.75, 3.05) is 12.4 Å². The lowest BCUT2D eigenvalue weighted by Crippen LogP contribution is -2.11. The standard InChI is InChI=1S/C13H16ClNO4/c1-19-11-7-6-9(8-10(11)14)15-12(16)4-2-3-5-13(17)18/h6-8H,2-5H2,1H3,(H,15,16)(H,17,18). The monoisotopic (exact) mass is 285 g/mol. The fourth-order valence-electron chi connectivity index (χ4n) is 1.53. The highest BCUT2D eigenvalue weighted by Crippen LogP contribution is 2.27. The van der Waals surface area contributed by atoms with E-state index < -0.39 is 5.97 Å². The Morgan fingerprint density at radius 1 is 1.32 bits per heavy atom. The Morgan fingerprint density at radius 2 is 2.00 bits per heavy atom. The number of carbonyl (C=O) groups is 2. The number of carboxylic acid groups (broad SMARTS) is 1. The fourth-order valence-corrected chi connectivity index (χ4v) is 1.79. The van der Waals surface area contributed by atoms with Crippen LogP contribution < -0.4 is 10.1 Å². The molecule has 0 heterocycles. The number of halogens is 1. The van der Waals surface area contributed by atoms with Crippen LogP contribution in [-0.4, -0.2) is 24.1 Å². The number of methoxy groups -OCH3 is 1. The Bertz CT molecular complexity index is 462. The van der Waals surface area contributed by atoms with Gasteiger partial charge in [0.2, 0.25) is 5.91 Å². The summed E-state index contributed by atoms with van der Waals surface area (Å²) in [6.07, 6.45) is 1.41. The van der Waals surface area contributed by atoms with E-state index in [1.807, 2.05) is 0 Å². The van der Waals surface area contributed by atoms with Crippen molar-refractivity contribution in [3.63, 3.8) is 0 Å². The van der Waals surface area contributed by atoms with Crippen LogP contribution >= 0.6 is 11.6 Å². The maximum Gasteiger partial charge on any atom is 0.303 e. The molecule has 0 atom stereocenters. The van der Waals surface area contributed by atoms with E-state index in [4.69, 9.17) is 21.4 Å². The van der Waals surface area contributed by atoms with Crippen LogP contribution in [0.5, 0.6) is 5.75 Å². The van der Waals surface area contributed by atoms with Crippen LogP contribution in [0.25, 0.3) is 0 Å². The third-order valence-electron chi connectivity index (χ3n) is 2.48. The Morgan fingerprint density at radius 3 is 2.58 bits per heavy atom. The number of aliphatic carboxylic acids is 1. The summed E-state index contributed by atoms with van der Waals surface area (Å²) in [6, 6.07) is 4.97. The summed E-state index contributed by atoms with van der Waals surface area (Å²) < 4.78 is 5.01. The second kappa shape index (κ2) is 7.63. The third kappa shape index (κ3) is 5.61. The lowest BCUT2D eigenvalue weighted by molar-refractivity contribution is -0.137. The molecule has 1 aromatic carbocycles. The van der Waals surface area contributed by atoms with Gasteiger partial charge in [-0.1, -0.05) is 11.6 Å². The Labute approximate surface area is 116 Å². The minimum absolute atomic E-state index is 0.0850. The average molecular weight is 286 g/mol. The number of anilines is 1. The molecule has 1 amide bonds. The van der Waals surface area contributed by atoms with E-state index >= 15 is 0 Å². The van der Waals surface area contributed by atoms with Crippen LogP contribution in [0.15, 0.2) is 18.2 Å². The summed E-state index contributed by atoms with van der Waals surface area (Å²) in [5.74, 6) is -0.463. The van der Waals surface area contributed by atoms with Crippen molar-refractivity contribution < 1.29 is 19.4 Å². The van der Waals surface area contributed by atoms with E-state index in [2.05, 4.69) is 5.32 Å². The SMILES string of the molecule is COc1ccc(NC(=O)CCCCC(=O)O)cc1Cl. The van der Waals surface area contributed by atoms with Crippen LogP contribution in [0.4, 0.5) is 5.69 Å². The summed E-state index contributed by atoms with van der Waals surface area (Å²) >= 11 is 5.93. The first-order chi connectivity index (χ1) is 9.02. The summed E-state index contributed by atoms with van der Waals surface area (Å²) in [5.41, 5.74) is 0.592. The molecular weight excluding hydrogens is 270 g/mol. The van der Waals surface area contributed by atoms with Gasteiger partial charge in [-0.2, -0.15) is 0 Å². The minimum atomic E-state index is -0.845. The maximum atomic E-state index is 11.6. The van der Waals surface area contributed by atoms with E-state index in [1.54, 1.807) is 18.2 Å². The maximum absolute atomic E-state index is 11.6. The summed E-state index contributed by atoms with van der Waals surface area (Å²) in [5, 5.41) is 11.6. The molecule has 0 aromatic heterocycles. The molecule has 1 aromatic rings. The topological polar surface area (TPSA) is 75.6 Å². The molecule has 0 saturated heterocycles. The van der Waals surface area contributed by atoms with E-state index in [9.17, 15) is 9.59 Å². The first kappa shape index (κ1) is 15.3. The van der Waals surface area contributed by atoms with E-state index in [1.165, 1.54) is 7.11 Å². The smallest absolute Gasteiger partial charge is 0.303 e. The van der Waals surface area contributed by atoms with Crippen LogP contribution in [0.1, 0.15) is 25.7 Å². The Hall–Kier alpha value is -1.75. The van der Waals surface area contributed by atoms with Crippen molar-refractivity contribution in [3.05, 3.63) is 23.2 Å². The third-order valence-corrected chi connectivity index (χ3v) is 2.78. The van der Waals surface area contributed by atoms with Gasteiger partial charge in [0.25, 0.3) is 0 Å². The molecule has 0 fully saturated rings. The molecule has 5 nitrogen and oxygen atoms in total. The van der Waals surface area contributed by atoms with E-state index in [0.717, 1.165) is 0 Å². The number of amides is 1. The molecule has 1 rings (SSSR count). The molecule has 0 aliphatic carbocycles. The molecule has 0 unspecified atom stereocenters. The highest BCUT2D eigenvalue weighted by molar-refractivity contribution is 6.32. The Balaban J connectivity index is 2.40. The van der Waals surface area contributed by atoms with Gasteiger partial charge in [0.1, 0.15) is 5.75 Å². The molecule has 104 valence electrons. The fraction of sp³-hybridized carbons (Fsp3) is 0.385. The molecular formula is C13H16ClNO4. The quantitative estimate of drug-likeness (QED) is 0.755. The normalized spacial score (nSPS) is 10.0. The molecule has 0 saturated carbocycles. The zero-order valence-electron chi connectivity index (χ0n) is 10.6. The Kier molecular flexibility index (Phi) is 6.15. The first-order valence-electron chi connectivity index (χ1n) is 5.88. The van der Waals surface area contributed by atoms with Crippen molar-refractivity contribution in [2.45, 2.75) is 25.7 Å². The molecule has 19 heavy (non-hydrogen) atoms. The van der Waals surface area contributed by atoms with Crippen molar-refractivity contribution >= 4 is 29.2 Å². The molecule has 2 N–H and O–H groups in total. The van der Waals surface area contributed by atoms with Crippen molar-refractivity contribution in [3.8, 4) is 5.75 Å². The van der Waals surface area contributed by atoms with Gasteiger partial charge in [-0.15, -0.1) is 0 Å². The number of carboxylic acids is 1. The zero-order chi connectivity index (χ0) is 14.3. The number of benzene rings is 1. The molecule has 0 spiro atoms. The van der Waals surface area contributed by atoms with Crippen molar-refractivity contribution in [1.82, 2.24) is 0 Å². The van der Waals surface area contributed by atoms with Gasteiger partial charge in [-0.05, 0) is 31.0 Å². The highest BCUT2D eigenvalue weighted by Gasteiger charge is 2.06. The highest BCUT2D eigenvalue weighted by atomic mass is 35.5. The molecule has 0 bridgehead atoms. The number of hydrogen-bond acceptors (Lipinski definition) is 3. The number of ether oxygens (including phenoxy) is 1. The number of unbranched alkanes of at least 4 members (excludes halogenated alkanes) is 1. The number of nitrogens with one attached hydrogen (secondary N) is 1. The number of carbonyl (C=O) groups excluding carboxylic acids is 1. The predicted molar refractivity (Wildman–Crippen MR) is 72.7 cm³/mol. The van der Waals surface area contributed by atoms with Gasteiger partial charge >= 0.3 is 5.97 Å². The van der Waals surface area contributed by atoms with Gasteiger partial charge < -0.3 is 15.2 Å². The predicted octanol–water partition coefficient (Wildman–Crippen LogP) is 2.93. The first-order valence-corrected chi connectivity index (χ1v) is 6.26. The molecule has 0 aliphatic rings. The van der Waals surface area contributed by atoms with Crippen LogP contribution in [0.3, 0.4) is 0 Å². The largest absolute Gasteiger partial charge is 0.495 e. The van der Waals surface area contributed by atoms with E-state index in [-0.39, 0.29) is 18.7 Å². The average Bonchev–Trinajstić information content (AvgIpc) is 2.35. The van der Waals surface area contributed by atoms with Crippen LogP contribution in [0.2, 0.25) is 5.02 Å². The molecule has 6 heteroatoms. The second-order valence-electron chi connectivity index (χ2n) is 4.00. The minimum Gasteiger partial charge on any atom is -0.495 e. The van der Waals surface area contributed by atoms with Gasteiger partial charge in [-0.25, -0.2) is 0 Å².